The molecular formula is C18H20N2O. The van der Waals surface area contributed by atoms with Gasteiger partial charge in [-0.15, -0.1) is 0 Å². The van der Waals surface area contributed by atoms with Gasteiger partial charge in [-0.25, -0.2) is 0 Å². The van der Waals surface area contributed by atoms with Gasteiger partial charge in [0.2, 0.25) is 0 Å². The van der Waals surface area contributed by atoms with Crippen LogP contribution in [0.3, 0.4) is 0 Å². The minimum Gasteiger partial charge on any atom is -0.489 e. The SMILES string of the molecule is c1ccc(-c2cncc(O[C@@H]3C[C@H]4CC[C@@H](C3)N4)c2)cc1. The molecule has 3 heteroatoms. The van der Waals surface area contributed by atoms with E-state index >= 15 is 0 Å². The molecule has 0 saturated carbocycles. The molecule has 2 bridgehead atoms. The normalized spacial score (nSPS) is 27.5. The van der Waals surface area contributed by atoms with Gasteiger partial charge in [-0.2, -0.15) is 0 Å². The van der Waals surface area contributed by atoms with Gasteiger partial charge in [0, 0.05) is 23.8 Å². The number of hydrogen-bond acceptors (Lipinski definition) is 3. The van der Waals surface area contributed by atoms with Crippen LogP contribution < -0.4 is 10.1 Å². The van der Waals surface area contributed by atoms with Crippen molar-refractivity contribution < 1.29 is 4.74 Å². The molecule has 0 unspecified atom stereocenters. The first-order valence-electron chi connectivity index (χ1n) is 7.80. The van der Waals surface area contributed by atoms with Gasteiger partial charge in [0.25, 0.3) is 0 Å². The molecule has 2 aliphatic rings. The second kappa shape index (κ2) is 5.49. The van der Waals surface area contributed by atoms with Crippen LogP contribution >= 0.6 is 0 Å². The van der Waals surface area contributed by atoms with Gasteiger partial charge in [-0.05, 0) is 37.3 Å². The number of pyridine rings is 1. The molecule has 1 N–H and O–H groups in total. The molecule has 1 aromatic carbocycles. The van der Waals surface area contributed by atoms with Crippen LogP contribution in [0.25, 0.3) is 11.1 Å². The average molecular weight is 280 g/mol. The zero-order chi connectivity index (χ0) is 14.1. The number of piperidine rings is 1. The zero-order valence-corrected chi connectivity index (χ0v) is 12.0. The zero-order valence-electron chi connectivity index (χ0n) is 12.0. The summed E-state index contributed by atoms with van der Waals surface area (Å²) in [6.07, 6.45) is 8.89. The van der Waals surface area contributed by atoms with Crippen LogP contribution in [0.4, 0.5) is 0 Å². The number of rotatable bonds is 3. The van der Waals surface area contributed by atoms with Crippen molar-refractivity contribution in [2.75, 3.05) is 0 Å². The molecule has 2 aromatic rings. The molecule has 3 heterocycles. The molecule has 4 rings (SSSR count). The second-order valence-electron chi connectivity index (χ2n) is 6.12. The van der Waals surface area contributed by atoms with Crippen LogP contribution in [0.5, 0.6) is 5.75 Å². The number of aromatic nitrogens is 1. The fourth-order valence-corrected chi connectivity index (χ4v) is 3.57. The lowest BCUT2D eigenvalue weighted by Gasteiger charge is -2.29. The Balaban J connectivity index is 1.51. The highest BCUT2D eigenvalue weighted by atomic mass is 16.5. The lowest BCUT2D eigenvalue weighted by Crippen LogP contribution is -2.42. The number of nitrogens with one attached hydrogen (secondary N) is 1. The minimum atomic E-state index is 0.330. The van der Waals surface area contributed by atoms with Crippen LogP contribution in [0, 0.1) is 0 Å². The number of hydrogen-bond donors (Lipinski definition) is 1. The highest BCUT2D eigenvalue weighted by Gasteiger charge is 2.34. The first-order chi connectivity index (χ1) is 10.4. The molecule has 1 aromatic heterocycles. The van der Waals surface area contributed by atoms with Crippen LogP contribution in [0.2, 0.25) is 0 Å². The van der Waals surface area contributed by atoms with E-state index in [0.717, 1.165) is 24.2 Å². The monoisotopic (exact) mass is 280 g/mol. The molecule has 3 nitrogen and oxygen atoms in total. The maximum atomic E-state index is 6.20. The molecule has 0 radical (unpaired) electrons. The van der Waals surface area contributed by atoms with Crippen molar-refractivity contribution in [2.24, 2.45) is 0 Å². The molecule has 0 amide bonds. The smallest absolute Gasteiger partial charge is 0.138 e. The van der Waals surface area contributed by atoms with E-state index in [0.29, 0.717) is 18.2 Å². The fraction of sp³-hybridized carbons (Fsp3) is 0.389. The van der Waals surface area contributed by atoms with E-state index in [-0.39, 0.29) is 0 Å². The van der Waals surface area contributed by atoms with Crippen molar-refractivity contribution in [2.45, 2.75) is 43.9 Å². The van der Waals surface area contributed by atoms with Crippen molar-refractivity contribution in [1.29, 1.82) is 0 Å². The van der Waals surface area contributed by atoms with Crippen LogP contribution in [-0.4, -0.2) is 23.2 Å². The number of ether oxygens (including phenoxy) is 1. The fourth-order valence-electron chi connectivity index (χ4n) is 3.57. The first kappa shape index (κ1) is 12.8. The number of fused-ring (bicyclic) bond motifs is 2. The van der Waals surface area contributed by atoms with Crippen LogP contribution in [0.15, 0.2) is 48.8 Å². The molecule has 2 saturated heterocycles. The Hall–Kier alpha value is -1.87. The lowest BCUT2D eigenvalue weighted by atomic mass is 10.0. The average Bonchev–Trinajstić information content (AvgIpc) is 2.87. The van der Waals surface area contributed by atoms with E-state index in [1.54, 1.807) is 0 Å². The van der Waals surface area contributed by atoms with Crippen molar-refractivity contribution >= 4 is 0 Å². The Bertz CT molecular complexity index is 602. The minimum absolute atomic E-state index is 0.330. The Kier molecular flexibility index (Phi) is 3.36. The molecule has 2 aliphatic heterocycles. The van der Waals surface area contributed by atoms with Gasteiger partial charge >= 0.3 is 0 Å². The standard InChI is InChI=1S/C18H20N2O/c1-2-4-13(5-3-1)14-8-18(12-19-11-14)21-17-9-15-6-7-16(10-17)20-15/h1-5,8,11-12,15-17,20H,6-7,9-10H2/t15-,16+,17-. The summed E-state index contributed by atoms with van der Waals surface area (Å²) in [6.45, 7) is 0. The number of nitrogens with zero attached hydrogens (tertiary/aromatic N) is 1. The lowest BCUT2D eigenvalue weighted by molar-refractivity contribution is 0.137. The largest absolute Gasteiger partial charge is 0.489 e. The van der Waals surface area contributed by atoms with Crippen LogP contribution in [-0.2, 0) is 0 Å². The summed E-state index contributed by atoms with van der Waals surface area (Å²) >= 11 is 0. The van der Waals surface area contributed by atoms with Crippen molar-refractivity contribution in [3.8, 4) is 16.9 Å². The topological polar surface area (TPSA) is 34.1 Å². The van der Waals surface area contributed by atoms with Crippen molar-refractivity contribution in [1.82, 2.24) is 10.3 Å². The maximum absolute atomic E-state index is 6.20. The molecule has 0 spiro atoms. The van der Waals surface area contributed by atoms with E-state index < -0.39 is 0 Å². The van der Waals surface area contributed by atoms with Gasteiger partial charge in [0.05, 0.1) is 6.20 Å². The molecule has 0 aliphatic carbocycles. The third kappa shape index (κ3) is 2.79. The van der Waals surface area contributed by atoms with Gasteiger partial charge in [0.1, 0.15) is 11.9 Å². The summed E-state index contributed by atoms with van der Waals surface area (Å²) in [5.74, 6) is 0.891. The Morgan fingerprint density at radius 2 is 1.71 bits per heavy atom. The molecular weight excluding hydrogens is 260 g/mol. The molecule has 3 atom stereocenters. The summed E-state index contributed by atoms with van der Waals surface area (Å²) in [4.78, 5) is 4.34. The van der Waals surface area contributed by atoms with Gasteiger partial charge < -0.3 is 10.1 Å². The molecule has 108 valence electrons. The summed E-state index contributed by atoms with van der Waals surface area (Å²) in [5.41, 5.74) is 2.30. The third-order valence-electron chi connectivity index (χ3n) is 4.55. The van der Waals surface area contributed by atoms with E-state index in [9.17, 15) is 0 Å². The van der Waals surface area contributed by atoms with E-state index in [2.05, 4.69) is 28.5 Å². The highest BCUT2D eigenvalue weighted by molar-refractivity contribution is 5.63. The summed E-state index contributed by atoms with van der Waals surface area (Å²) < 4.78 is 6.20. The Morgan fingerprint density at radius 3 is 2.48 bits per heavy atom. The molecule has 21 heavy (non-hydrogen) atoms. The van der Waals surface area contributed by atoms with E-state index in [1.165, 1.54) is 18.4 Å². The Labute approximate surface area is 125 Å². The first-order valence-corrected chi connectivity index (χ1v) is 7.80. The van der Waals surface area contributed by atoms with Crippen molar-refractivity contribution in [3.05, 3.63) is 48.8 Å². The maximum Gasteiger partial charge on any atom is 0.138 e. The summed E-state index contributed by atoms with van der Waals surface area (Å²) in [6, 6.07) is 13.7. The highest BCUT2D eigenvalue weighted by Crippen LogP contribution is 2.30. The predicted molar refractivity (Wildman–Crippen MR) is 83.3 cm³/mol. The third-order valence-corrected chi connectivity index (χ3v) is 4.55. The van der Waals surface area contributed by atoms with Gasteiger partial charge in [0.15, 0.2) is 0 Å². The summed E-state index contributed by atoms with van der Waals surface area (Å²) in [7, 11) is 0. The van der Waals surface area contributed by atoms with Crippen LogP contribution in [0.1, 0.15) is 25.7 Å². The Morgan fingerprint density at radius 1 is 0.952 bits per heavy atom. The summed E-state index contributed by atoms with van der Waals surface area (Å²) in [5, 5.41) is 3.65. The van der Waals surface area contributed by atoms with Crippen molar-refractivity contribution in [3.63, 3.8) is 0 Å². The predicted octanol–water partition coefficient (Wildman–Crippen LogP) is 3.41. The molecule has 2 fully saturated rings. The van der Waals surface area contributed by atoms with E-state index in [1.807, 2.05) is 30.6 Å². The van der Waals surface area contributed by atoms with Gasteiger partial charge in [-0.1, -0.05) is 30.3 Å². The second-order valence-corrected chi connectivity index (χ2v) is 6.12. The number of benzene rings is 1. The van der Waals surface area contributed by atoms with Gasteiger partial charge in [-0.3, -0.25) is 4.98 Å². The van der Waals surface area contributed by atoms with E-state index in [4.69, 9.17) is 4.74 Å². The quantitative estimate of drug-likeness (QED) is 0.935.